The Morgan fingerprint density at radius 3 is 3.11 bits per heavy atom. The molecule has 0 bridgehead atoms. The Labute approximate surface area is 111 Å². The van der Waals surface area contributed by atoms with Crippen LogP contribution in [0.2, 0.25) is 0 Å². The average molecular weight is 256 g/mol. The minimum absolute atomic E-state index is 0.155. The van der Waals surface area contributed by atoms with Crippen LogP contribution in [0.25, 0.3) is 11.5 Å². The van der Waals surface area contributed by atoms with Crippen LogP contribution in [0, 0.1) is 0 Å². The predicted octanol–water partition coefficient (Wildman–Crippen LogP) is 1.70. The number of aromatic amines is 1. The molecule has 1 N–H and O–H groups in total. The van der Waals surface area contributed by atoms with Crippen LogP contribution in [0.4, 0.5) is 0 Å². The van der Waals surface area contributed by atoms with Gasteiger partial charge in [0.15, 0.2) is 11.5 Å². The number of allylic oxidation sites excluding steroid dienone is 1. The number of nitrogens with one attached hydrogen (secondary N) is 1. The van der Waals surface area contributed by atoms with Crippen molar-refractivity contribution in [2.75, 3.05) is 0 Å². The smallest absolute Gasteiger partial charge is 0.277 e. The third-order valence-electron chi connectivity index (χ3n) is 3.42. The number of nitrogens with zero attached hydrogens (tertiary/aromatic N) is 3. The van der Waals surface area contributed by atoms with E-state index in [-0.39, 0.29) is 5.56 Å². The molecule has 0 radical (unpaired) electrons. The molecule has 1 aliphatic carbocycles. The van der Waals surface area contributed by atoms with Crippen molar-refractivity contribution in [1.29, 1.82) is 0 Å². The fraction of sp³-hybridized carbons (Fsp3) is 0.357. The number of fused-ring (bicyclic) bond motifs is 1. The third-order valence-corrected chi connectivity index (χ3v) is 3.42. The van der Waals surface area contributed by atoms with Gasteiger partial charge in [-0.3, -0.25) is 4.79 Å². The first kappa shape index (κ1) is 11.9. The Balaban J connectivity index is 2.12. The number of hydrogen-bond donors (Lipinski definition) is 1. The molecule has 98 valence electrons. The maximum Gasteiger partial charge on any atom is 0.277 e. The quantitative estimate of drug-likeness (QED) is 0.850. The van der Waals surface area contributed by atoms with Crippen LogP contribution in [0.3, 0.4) is 0 Å². The lowest BCUT2D eigenvalue weighted by molar-refractivity contribution is 0.645. The summed E-state index contributed by atoms with van der Waals surface area (Å²) in [6, 6.07) is 0. The van der Waals surface area contributed by atoms with Crippen LogP contribution < -0.4 is 5.56 Å². The SMILES string of the molecule is C=CCn1ccnc1-c1nc2c([nH]c1=O)CCCC2. The van der Waals surface area contributed by atoms with Gasteiger partial charge in [-0.25, -0.2) is 9.97 Å². The fourth-order valence-electron chi connectivity index (χ4n) is 2.49. The molecular weight excluding hydrogens is 240 g/mol. The van der Waals surface area contributed by atoms with Gasteiger partial charge in [-0.2, -0.15) is 0 Å². The van der Waals surface area contributed by atoms with Crippen LogP contribution >= 0.6 is 0 Å². The van der Waals surface area contributed by atoms with Crippen molar-refractivity contribution in [3.63, 3.8) is 0 Å². The molecule has 0 amide bonds. The largest absolute Gasteiger partial charge is 0.326 e. The van der Waals surface area contributed by atoms with Crippen molar-refractivity contribution in [2.24, 2.45) is 0 Å². The summed E-state index contributed by atoms with van der Waals surface area (Å²) in [5, 5.41) is 0. The normalized spacial score (nSPS) is 14.1. The summed E-state index contributed by atoms with van der Waals surface area (Å²) in [4.78, 5) is 23.9. The van der Waals surface area contributed by atoms with Crippen molar-refractivity contribution < 1.29 is 0 Å². The number of H-pyrrole nitrogens is 1. The highest BCUT2D eigenvalue weighted by Crippen LogP contribution is 2.19. The first-order valence-electron chi connectivity index (χ1n) is 6.54. The summed E-state index contributed by atoms with van der Waals surface area (Å²) >= 11 is 0. The molecule has 0 spiro atoms. The number of hydrogen-bond acceptors (Lipinski definition) is 3. The van der Waals surface area contributed by atoms with Crippen LogP contribution in [-0.2, 0) is 19.4 Å². The van der Waals surface area contributed by atoms with E-state index in [2.05, 4.69) is 21.5 Å². The zero-order valence-corrected chi connectivity index (χ0v) is 10.7. The highest BCUT2D eigenvalue weighted by atomic mass is 16.1. The van der Waals surface area contributed by atoms with Crippen molar-refractivity contribution in [2.45, 2.75) is 32.2 Å². The summed E-state index contributed by atoms with van der Waals surface area (Å²) in [5.41, 5.74) is 2.25. The van der Waals surface area contributed by atoms with Crippen LogP contribution in [0.5, 0.6) is 0 Å². The Bertz CT molecular complexity index is 668. The molecule has 2 aromatic heterocycles. The molecule has 0 fully saturated rings. The summed E-state index contributed by atoms with van der Waals surface area (Å²) < 4.78 is 1.87. The molecule has 19 heavy (non-hydrogen) atoms. The van der Waals surface area contributed by atoms with E-state index in [1.807, 2.05) is 10.8 Å². The average Bonchev–Trinajstić information content (AvgIpc) is 2.86. The van der Waals surface area contributed by atoms with Gasteiger partial charge in [0.2, 0.25) is 0 Å². The van der Waals surface area contributed by atoms with Crippen molar-refractivity contribution >= 4 is 0 Å². The lowest BCUT2D eigenvalue weighted by atomic mass is 10.0. The zero-order valence-electron chi connectivity index (χ0n) is 10.7. The van der Waals surface area contributed by atoms with Crippen LogP contribution in [-0.4, -0.2) is 19.5 Å². The second-order valence-electron chi connectivity index (χ2n) is 4.74. The summed E-state index contributed by atoms with van der Waals surface area (Å²) in [6.07, 6.45) is 9.39. The molecule has 0 atom stereocenters. The van der Waals surface area contributed by atoms with E-state index < -0.39 is 0 Å². The molecule has 0 aromatic carbocycles. The molecule has 0 unspecified atom stereocenters. The fourth-order valence-corrected chi connectivity index (χ4v) is 2.49. The number of rotatable bonds is 3. The second kappa shape index (κ2) is 4.84. The van der Waals surface area contributed by atoms with E-state index in [1.165, 1.54) is 0 Å². The lowest BCUT2D eigenvalue weighted by Gasteiger charge is -2.15. The molecule has 5 heteroatoms. The highest BCUT2D eigenvalue weighted by Gasteiger charge is 2.17. The Kier molecular flexibility index (Phi) is 3.03. The van der Waals surface area contributed by atoms with Gasteiger partial charge in [0.1, 0.15) is 0 Å². The Hall–Kier alpha value is -2.17. The van der Waals surface area contributed by atoms with E-state index >= 15 is 0 Å². The molecule has 0 aliphatic heterocycles. The van der Waals surface area contributed by atoms with E-state index in [4.69, 9.17) is 0 Å². The molecule has 3 rings (SSSR count). The Morgan fingerprint density at radius 2 is 2.26 bits per heavy atom. The highest BCUT2D eigenvalue weighted by molar-refractivity contribution is 5.49. The van der Waals surface area contributed by atoms with Gasteiger partial charge in [0.05, 0.1) is 5.69 Å². The zero-order chi connectivity index (χ0) is 13.2. The van der Waals surface area contributed by atoms with Gasteiger partial charge in [0, 0.05) is 24.6 Å². The maximum atomic E-state index is 12.1. The minimum atomic E-state index is -0.155. The van der Waals surface area contributed by atoms with Crippen LogP contribution in [0.1, 0.15) is 24.2 Å². The first-order valence-corrected chi connectivity index (χ1v) is 6.54. The van der Waals surface area contributed by atoms with Gasteiger partial charge < -0.3 is 9.55 Å². The monoisotopic (exact) mass is 256 g/mol. The van der Waals surface area contributed by atoms with Gasteiger partial charge in [-0.15, -0.1) is 6.58 Å². The molecular formula is C14H16N4O. The third kappa shape index (κ3) is 2.12. The summed E-state index contributed by atoms with van der Waals surface area (Å²) in [7, 11) is 0. The van der Waals surface area contributed by atoms with E-state index in [0.29, 0.717) is 18.1 Å². The second-order valence-corrected chi connectivity index (χ2v) is 4.74. The van der Waals surface area contributed by atoms with E-state index in [0.717, 1.165) is 37.1 Å². The molecule has 0 saturated carbocycles. The van der Waals surface area contributed by atoms with Gasteiger partial charge >= 0.3 is 0 Å². The first-order chi connectivity index (χ1) is 9.29. The van der Waals surface area contributed by atoms with Crippen molar-refractivity contribution in [3.8, 4) is 11.5 Å². The van der Waals surface area contributed by atoms with E-state index in [9.17, 15) is 4.79 Å². The number of aryl methyl sites for hydroxylation is 2. The molecule has 5 nitrogen and oxygen atoms in total. The van der Waals surface area contributed by atoms with Gasteiger partial charge in [0.25, 0.3) is 5.56 Å². The standard InChI is InChI=1S/C14H16N4O/c1-2-8-18-9-7-15-13(18)12-14(19)17-11-6-4-3-5-10(11)16-12/h2,7,9H,1,3-6,8H2,(H,17,19). The predicted molar refractivity (Wildman–Crippen MR) is 72.9 cm³/mol. The molecule has 1 aliphatic rings. The summed E-state index contributed by atoms with van der Waals surface area (Å²) in [6.45, 7) is 4.33. The number of imidazole rings is 1. The van der Waals surface area contributed by atoms with Gasteiger partial charge in [-0.05, 0) is 25.7 Å². The van der Waals surface area contributed by atoms with Crippen molar-refractivity contribution in [3.05, 3.63) is 46.8 Å². The lowest BCUT2D eigenvalue weighted by Crippen LogP contribution is -2.21. The molecule has 0 saturated heterocycles. The van der Waals surface area contributed by atoms with Gasteiger partial charge in [-0.1, -0.05) is 6.08 Å². The minimum Gasteiger partial charge on any atom is -0.326 e. The molecule has 2 heterocycles. The van der Waals surface area contributed by atoms with E-state index in [1.54, 1.807) is 12.3 Å². The Morgan fingerprint density at radius 1 is 1.42 bits per heavy atom. The maximum absolute atomic E-state index is 12.1. The van der Waals surface area contributed by atoms with Crippen LogP contribution in [0.15, 0.2) is 29.8 Å². The molecule has 2 aromatic rings. The van der Waals surface area contributed by atoms with Crippen molar-refractivity contribution in [1.82, 2.24) is 19.5 Å². The topological polar surface area (TPSA) is 63.6 Å². The summed E-state index contributed by atoms with van der Waals surface area (Å²) in [5.74, 6) is 0.606. The number of aromatic nitrogens is 4.